The molecule has 28 heavy (non-hydrogen) atoms. The number of hydrogen-bond acceptors (Lipinski definition) is 0. The Bertz CT molecular complexity index is 1220. The largest absolute Gasteiger partial charge is 0.418 e. The normalized spacial score (nSPS) is 16.3. The van der Waals surface area contributed by atoms with Gasteiger partial charge in [-0.1, -0.05) is 31.2 Å². The van der Waals surface area contributed by atoms with E-state index in [0.717, 1.165) is 6.42 Å². The first-order chi connectivity index (χ1) is 13.9. The van der Waals surface area contributed by atoms with Crippen molar-refractivity contribution in [3.8, 4) is 22.5 Å². The molecule has 0 N–H and O–H groups in total. The zero-order valence-corrected chi connectivity index (χ0v) is 15.8. The van der Waals surface area contributed by atoms with Gasteiger partial charge >= 0.3 is 5.66 Å². The summed E-state index contributed by atoms with van der Waals surface area (Å²) in [6.07, 6.45) is 5.65. The van der Waals surface area contributed by atoms with Crippen LogP contribution in [0, 0.1) is 0 Å². The minimum atomic E-state index is -0.309. The van der Waals surface area contributed by atoms with Crippen molar-refractivity contribution in [2.75, 3.05) is 0 Å². The summed E-state index contributed by atoms with van der Waals surface area (Å²) in [5.74, 6) is 0.447. The fraction of sp³-hybridized carbons (Fsp3) is 0.154. The number of fused-ring (bicyclic) bond motifs is 4. The molecule has 132 valence electrons. The summed E-state index contributed by atoms with van der Waals surface area (Å²) < 4.78 is 5.01. The van der Waals surface area contributed by atoms with Gasteiger partial charge in [-0.2, -0.15) is 0 Å². The van der Waals surface area contributed by atoms with Crippen molar-refractivity contribution >= 4 is 0 Å². The van der Waals surface area contributed by atoms with E-state index in [1.165, 1.54) is 44.8 Å². The van der Waals surface area contributed by atoms with E-state index in [1.54, 1.807) is 0 Å². The van der Waals surface area contributed by atoms with Gasteiger partial charge in [0.05, 0.1) is 11.1 Å². The second-order valence-corrected chi connectivity index (χ2v) is 8.08. The highest BCUT2D eigenvalue weighted by Gasteiger charge is 2.70. The average molecular weight is 360 g/mol. The molecule has 2 aromatic heterocycles. The first kappa shape index (κ1) is 14.8. The van der Waals surface area contributed by atoms with Crippen molar-refractivity contribution in [1.29, 1.82) is 0 Å². The standard InChI is InChI=1S/C26H20N2/c1-2-17-18-9-7-11-20-22-13-3-5-15-27(22)26(24(18)20)25-19(17)10-8-12-21(25)23-14-4-6-16-28(23)26/h3-17H,2H2,1H3/q+2. The summed E-state index contributed by atoms with van der Waals surface area (Å²) in [5, 5.41) is 0. The Morgan fingerprint density at radius 2 is 1.21 bits per heavy atom. The third kappa shape index (κ3) is 1.36. The molecule has 0 saturated carbocycles. The summed E-state index contributed by atoms with van der Waals surface area (Å²) in [4.78, 5) is 0. The van der Waals surface area contributed by atoms with Gasteiger partial charge in [0.15, 0.2) is 12.4 Å². The lowest BCUT2D eigenvalue weighted by atomic mass is 9.70. The molecule has 0 amide bonds. The van der Waals surface area contributed by atoms with Crippen LogP contribution in [0.1, 0.15) is 41.5 Å². The third-order valence-corrected chi connectivity index (χ3v) is 7.02. The second kappa shape index (κ2) is 4.77. The first-order valence-corrected chi connectivity index (χ1v) is 10.2. The highest BCUT2D eigenvalue weighted by atomic mass is 15.3. The maximum Gasteiger partial charge on any atom is 0.418 e. The molecule has 2 aliphatic heterocycles. The number of aromatic nitrogens is 2. The number of hydrogen-bond donors (Lipinski definition) is 0. The maximum absolute atomic E-state index is 2.51. The van der Waals surface area contributed by atoms with Crippen LogP contribution in [-0.4, -0.2) is 0 Å². The summed E-state index contributed by atoms with van der Waals surface area (Å²) in [7, 11) is 0. The monoisotopic (exact) mass is 360 g/mol. The van der Waals surface area contributed by atoms with E-state index in [1.807, 2.05) is 0 Å². The zero-order chi connectivity index (χ0) is 18.5. The lowest BCUT2D eigenvalue weighted by Gasteiger charge is -2.30. The Kier molecular flexibility index (Phi) is 2.51. The van der Waals surface area contributed by atoms with Crippen molar-refractivity contribution in [2.45, 2.75) is 24.9 Å². The van der Waals surface area contributed by atoms with Gasteiger partial charge in [-0.3, -0.25) is 0 Å². The molecule has 0 saturated heterocycles. The van der Waals surface area contributed by atoms with E-state index in [-0.39, 0.29) is 5.66 Å². The van der Waals surface area contributed by atoms with E-state index in [2.05, 4.69) is 101 Å². The minimum Gasteiger partial charge on any atom is -0.126 e. The van der Waals surface area contributed by atoms with E-state index in [4.69, 9.17) is 0 Å². The van der Waals surface area contributed by atoms with Gasteiger partial charge in [-0.15, -0.1) is 9.13 Å². The quantitative estimate of drug-likeness (QED) is 0.385. The van der Waals surface area contributed by atoms with Crippen LogP contribution in [0.3, 0.4) is 0 Å². The van der Waals surface area contributed by atoms with Gasteiger partial charge < -0.3 is 0 Å². The number of benzene rings is 2. The molecule has 0 radical (unpaired) electrons. The predicted octanol–water partition coefficient (Wildman–Crippen LogP) is 4.38. The highest BCUT2D eigenvalue weighted by molar-refractivity contribution is 5.79. The second-order valence-electron chi connectivity index (χ2n) is 8.08. The topological polar surface area (TPSA) is 7.76 Å². The van der Waals surface area contributed by atoms with Crippen LogP contribution >= 0.6 is 0 Å². The number of nitrogens with zero attached hydrogens (tertiary/aromatic N) is 2. The van der Waals surface area contributed by atoms with E-state index >= 15 is 0 Å². The van der Waals surface area contributed by atoms with Crippen molar-refractivity contribution in [3.05, 3.63) is 107 Å². The van der Waals surface area contributed by atoms with Crippen LogP contribution in [-0.2, 0) is 5.66 Å². The summed E-state index contributed by atoms with van der Waals surface area (Å²) in [6.45, 7) is 2.32. The van der Waals surface area contributed by atoms with Gasteiger partial charge in [0.1, 0.15) is 11.1 Å². The molecule has 0 atom stereocenters. The fourth-order valence-corrected chi connectivity index (χ4v) is 6.15. The third-order valence-electron chi connectivity index (χ3n) is 7.02. The van der Waals surface area contributed by atoms with E-state index < -0.39 is 0 Å². The number of pyridine rings is 2. The van der Waals surface area contributed by atoms with E-state index in [9.17, 15) is 0 Å². The van der Waals surface area contributed by atoms with Crippen LogP contribution in [0.2, 0.25) is 0 Å². The van der Waals surface area contributed by atoms with Gasteiger partial charge in [0, 0.05) is 30.2 Å². The smallest absolute Gasteiger partial charge is 0.126 e. The predicted molar refractivity (Wildman–Crippen MR) is 108 cm³/mol. The minimum absolute atomic E-state index is 0.309. The molecule has 2 aromatic carbocycles. The summed E-state index contributed by atoms with van der Waals surface area (Å²) in [6, 6.07) is 27.0. The summed E-state index contributed by atoms with van der Waals surface area (Å²) >= 11 is 0. The van der Waals surface area contributed by atoms with Crippen molar-refractivity contribution in [2.24, 2.45) is 0 Å². The Morgan fingerprint density at radius 3 is 1.71 bits per heavy atom. The molecule has 4 heterocycles. The van der Waals surface area contributed by atoms with Gasteiger partial charge in [0.25, 0.3) is 0 Å². The molecule has 2 nitrogen and oxygen atoms in total. The van der Waals surface area contributed by atoms with E-state index in [0.29, 0.717) is 5.92 Å². The Morgan fingerprint density at radius 1 is 0.679 bits per heavy atom. The average Bonchev–Trinajstić information content (AvgIpc) is 3.23. The molecule has 4 aromatic rings. The molecular weight excluding hydrogens is 340 g/mol. The lowest BCUT2D eigenvalue weighted by molar-refractivity contribution is -0.955. The van der Waals surface area contributed by atoms with Crippen LogP contribution in [0.25, 0.3) is 22.5 Å². The zero-order valence-electron chi connectivity index (χ0n) is 15.8. The lowest BCUT2D eigenvalue weighted by Crippen LogP contribution is -2.72. The molecule has 0 fully saturated rings. The van der Waals surface area contributed by atoms with Crippen molar-refractivity contribution in [3.63, 3.8) is 0 Å². The number of rotatable bonds is 1. The van der Waals surface area contributed by atoms with Crippen LogP contribution in [0.15, 0.2) is 85.2 Å². The van der Waals surface area contributed by atoms with Crippen LogP contribution in [0.5, 0.6) is 0 Å². The maximum atomic E-state index is 2.51. The van der Waals surface area contributed by atoms with Gasteiger partial charge in [-0.05, 0) is 41.8 Å². The van der Waals surface area contributed by atoms with Gasteiger partial charge in [0.2, 0.25) is 11.4 Å². The molecule has 0 bridgehead atoms. The van der Waals surface area contributed by atoms with Crippen LogP contribution in [0.4, 0.5) is 0 Å². The molecular formula is C26H20N2+2. The van der Waals surface area contributed by atoms with Crippen molar-refractivity contribution < 1.29 is 9.13 Å². The van der Waals surface area contributed by atoms with Crippen LogP contribution < -0.4 is 9.13 Å². The Hall–Kier alpha value is -3.26. The Balaban J connectivity index is 1.80. The molecule has 0 unspecified atom stereocenters. The molecule has 1 spiro atoms. The highest BCUT2D eigenvalue weighted by Crippen LogP contribution is 2.55. The Labute approximate surface area is 164 Å². The van der Waals surface area contributed by atoms with Gasteiger partial charge in [-0.25, -0.2) is 0 Å². The molecule has 3 aliphatic rings. The first-order valence-electron chi connectivity index (χ1n) is 10.2. The SMILES string of the molecule is CCC1c2cccc3c2C2(c4c(cccc41)-c1cccc[n+]12)[n+]1ccccc1-3. The fourth-order valence-electron chi connectivity index (χ4n) is 6.15. The molecule has 1 aliphatic carbocycles. The molecule has 2 heteroatoms. The summed E-state index contributed by atoms with van der Waals surface area (Å²) in [5.41, 5.74) is 11.0. The van der Waals surface area contributed by atoms with Crippen molar-refractivity contribution in [1.82, 2.24) is 0 Å². The molecule has 7 rings (SSSR count).